The van der Waals surface area contributed by atoms with Gasteiger partial charge >= 0.3 is 0 Å². The van der Waals surface area contributed by atoms with Gasteiger partial charge in [-0.25, -0.2) is 4.39 Å². The molecule has 1 rings (SSSR count). The van der Waals surface area contributed by atoms with Gasteiger partial charge in [0.05, 0.1) is 7.11 Å². The van der Waals surface area contributed by atoms with E-state index in [4.69, 9.17) is 4.74 Å². The predicted molar refractivity (Wildman–Crippen MR) is 52.0 cm³/mol. The van der Waals surface area contributed by atoms with Crippen molar-refractivity contribution in [1.82, 2.24) is 0 Å². The summed E-state index contributed by atoms with van der Waals surface area (Å²) in [7, 11) is 1.49. The fourth-order valence-corrected chi connectivity index (χ4v) is 1.36. The third-order valence-corrected chi connectivity index (χ3v) is 2.18. The molecule has 1 aromatic rings. The van der Waals surface area contributed by atoms with Crippen molar-refractivity contribution in [2.24, 2.45) is 0 Å². The molecule has 0 fully saturated rings. The molecular weight excluding hydrogens is 183 g/mol. The predicted octanol–water partition coefficient (Wildman–Crippen LogP) is 2.53. The van der Waals surface area contributed by atoms with E-state index in [-0.39, 0.29) is 11.7 Å². The van der Waals surface area contributed by atoms with Crippen LogP contribution in [0.2, 0.25) is 0 Å². The van der Waals surface area contributed by atoms with E-state index in [0.29, 0.717) is 12.2 Å². The number of carbonyl (C=O) groups excluding carboxylic acids is 1. The molecule has 0 amide bonds. The molecule has 0 spiro atoms. The average Bonchev–Trinajstić information content (AvgIpc) is 2.17. The second-order valence-electron chi connectivity index (χ2n) is 3.19. The van der Waals surface area contributed by atoms with Crippen LogP contribution < -0.4 is 4.74 Å². The summed E-state index contributed by atoms with van der Waals surface area (Å²) in [5.74, 6) is 0.228. The normalized spacial score (nSPS) is 12.2. The van der Waals surface area contributed by atoms with Crippen LogP contribution in [-0.2, 0) is 4.79 Å². The lowest BCUT2D eigenvalue weighted by atomic mass is 9.97. The summed E-state index contributed by atoms with van der Waals surface area (Å²) in [6, 6.07) is 4.36. The molecule has 0 radical (unpaired) electrons. The lowest BCUT2D eigenvalue weighted by molar-refractivity contribution is -0.108. The minimum atomic E-state index is -0.330. The molecule has 0 heterocycles. The van der Waals surface area contributed by atoms with Gasteiger partial charge in [-0.15, -0.1) is 0 Å². The van der Waals surface area contributed by atoms with Crippen LogP contribution >= 0.6 is 0 Å². The number of benzene rings is 1. The first-order chi connectivity index (χ1) is 6.69. The number of rotatable bonds is 4. The highest BCUT2D eigenvalue weighted by Gasteiger charge is 2.11. The zero-order chi connectivity index (χ0) is 10.6. The van der Waals surface area contributed by atoms with Crippen LogP contribution in [0.1, 0.15) is 24.8 Å². The fraction of sp³-hybridized carbons (Fsp3) is 0.364. The third-order valence-electron chi connectivity index (χ3n) is 2.18. The summed E-state index contributed by atoms with van der Waals surface area (Å²) in [6.07, 6.45) is 1.27. The van der Waals surface area contributed by atoms with Gasteiger partial charge in [-0.2, -0.15) is 0 Å². The van der Waals surface area contributed by atoms with Gasteiger partial charge in [0.15, 0.2) is 0 Å². The quantitative estimate of drug-likeness (QED) is 0.692. The topological polar surface area (TPSA) is 26.3 Å². The van der Waals surface area contributed by atoms with Crippen molar-refractivity contribution in [3.8, 4) is 5.75 Å². The zero-order valence-corrected chi connectivity index (χ0v) is 8.29. The van der Waals surface area contributed by atoms with Crippen LogP contribution in [-0.4, -0.2) is 13.4 Å². The van der Waals surface area contributed by atoms with Gasteiger partial charge < -0.3 is 9.53 Å². The maximum Gasteiger partial charge on any atom is 0.126 e. The monoisotopic (exact) mass is 196 g/mol. The standard InChI is InChI=1S/C11H13FO2/c1-8(5-6-13)10-4-3-9(12)7-11(10)14-2/h3-4,6-8H,5H2,1-2H3. The summed E-state index contributed by atoms with van der Waals surface area (Å²) in [5.41, 5.74) is 0.862. The van der Waals surface area contributed by atoms with E-state index in [1.165, 1.54) is 19.2 Å². The Bertz CT molecular complexity index is 323. The Morgan fingerprint density at radius 1 is 1.57 bits per heavy atom. The molecule has 0 saturated carbocycles. The molecule has 0 aliphatic carbocycles. The summed E-state index contributed by atoms with van der Waals surface area (Å²) >= 11 is 0. The first-order valence-electron chi connectivity index (χ1n) is 4.46. The molecule has 0 aliphatic heterocycles. The number of ether oxygens (including phenoxy) is 1. The van der Waals surface area contributed by atoms with Gasteiger partial charge in [-0.1, -0.05) is 13.0 Å². The summed E-state index contributed by atoms with van der Waals surface area (Å²) < 4.78 is 17.9. The molecule has 0 aliphatic rings. The van der Waals surface area contributed by atoms with Crippen LogP contribution in [0.15, 0.2) is 18.2 Å². The van der Waals surface area contributed by atoms with Crippen LogP contribution in [0.3, 0.4) is 0 Å². The molecule has 1 atom stereocenters. The first kappa shape index (κ1) is 10.7. The Hall–Kier alpha value is -1.38. The second kappa shape index (κ2) is 4.74. The van der Waals surface area contributed by atoms with E-state index in [1.807, 2.05) is 6.92 Å². The highest BCUT2D eigenvalue weighted by Crippen LogP contribution is 2.28. The van der Waals surface area contributed by atoms with Crippen molar-refractivity contribution in [2.75, 3.05) is 7.11 Å². The maximum absolute atomic E-state index is 12.8. The van der Waals surface area contributed by atoms with E-state index >= 15 is 0 Å². The molecule has 14 heavy (non-hydrogen) atoms. The molecule has 0 saturated heterocycles. The van der Waals surface area contributed by atoms with Crippen molar-refractivity contribution >= 4 is 6.29 Å². The Morgan fingerprint density at radius 3 is 2.86 bits per heavy atom. The smallest absolute Gasteiger partial charge is 0.126 e. The number of hydrogen-bond acceptors (Lipinski definition) is 2. The number of aldehydes is 1. The first-order valence-corrected chi connectivity index (χ1v) is 4.46. The van der Waals surface area contributed by atoms with Gasteiger partial charge in [-0.3, -0.25) is 0 Å². The molecule has 0 N–H and O–H groups in total. The minimum absolute atomic E-state index is 0.0584. The van der Waals surface area contributed by atoms with E-state index in [1.54, 1.807) is 6.07 Å². The van der Waals surface area contributed by atoms with Crippen molar-refractivity contribution in [3.05, 3.63) is 29.6 Å². The van der Waals surface area contributed by atoms with Crippen molar-refractivity contribution in [3.63, 3.8) is 0 Å². The average molecular weight is 196 g/mol. The molecule has 2 nitrogen and oxygen atoms in total. The van der Waals surface area contributed by atoms with Crippen LogP contribution in [0.5, 0.6) is 5.75 Å². The van der Waals surface area contributed by atoms with Crippen molar-refractivity contribution in [2.45, 2.75) is 19.3 Å². The maximum atomic E-state index is 12.8. The van der Waals surface area contributed by atoms with Crippen molar-refractivity contribution in [1.29, 1.82) is 0 Å². The molecular formula is C11H13FO2. The molecule has 1 unspecified atom stereocenters. The highest BCUT2D eigenvalue weighted by molar-refractivity contribution is 5.52. The molecule has 0 bridgehead atoms. The van der Waals surface area contributed by atoms with Gasteiger partial charge in [-0.05, 0) is 17.5 Å². The van der Waals surface area contributed by atoms with Gasteiger partial charge in [0.2, 0.25) is 0 Å². The van der Waals surface area contributed by atoms with Gasteiger partial charge in [0, 0.05) is 12.5 Å². The van der Waals surface area contributed by atoms with Crippen LogP contribution in [0, 0.1) is 5.82 Å². The Kier molecular flexibility index (Phi) is 3.63. The zero-order valence-electron chi connectivity index (χ0n) is 8.29. The van der Waals surface area contributed by atoms with E-state index in [9.17, 15) is 9.18 Å². The highest BCUT2D eigenvalue weighted by atomic mass is 19.1. The molecule has 3 heteroatoms. The second-order valence-corrected chi connectivity index (χ2v) is 3.19. The van der Waals surface area contributed by atoms with Crippen LogP contribution in [0.25, 0.3) is 0 Å². The molecule has 0 aromatic heterocycles. The number of halogens is 1. The van der Waals surface area contributed by atoms with Crippen molar-refractivity contribution < 1.29 is 13.9 Å². The molecule has 76 valence electrons. The van der Waals surface area contributed by atoms with Crippen LogP contribution in [0.4, 0.5) is 4.39 Å². The number of methoxy groups -OCH3 is 1. The van der Waals surface area contributed by atoms with E-state index < -0.39 is 0 Å². The van der Waals surface area contributed by atoms with E-state index in [2.05, 4.69) is 0 Å². The van der Waals surface area contributed by atoms with Gasteiger partial charge in [0.1, 0.15) is 17.9 Å². The third kappa shape index (κ3) is 2.31. The fourth-order valence-electron chi connectivity index (χ4n) is 1.36. The number of hydrogen-bond donors (Lipinski definition) is 0. The van der Waals surface area contributed by atoms with Gasteiger partial charge in [0.25, 0.3) is 0 Å². The van der Waals surface area contributed by atoms with E-state index in [0.717, 1.165) is 11.8 Å². The Balaban J connectivity index is 3.00. The Labute approximate surface area is 82.7 Å². The number of carbonyl (C=O) groups is 1. The molecule has 1 aromatic carbocycles. The summed E-state index contributed by atoms with van der Waals surface area (Å²) in [5, 5.41) is 0. The Morgan fingerprint density at radius 2 is 2.29 bits per heavy atom. The SMILES string of the molecule is COc1cc(F)ccc1C(C)CC=O. The lowest BCUT2D eigenvalue weighted by Gasteiger charge is -2.12. The minimum Gasteiger partial charge on any atom is -0.496 e. The lowest BCUT2D eigenvalue weighted by Crippen LogP contribution is -1.98. The summed E-state index contributed by atoms with van der Waals surface area (Å²) in [4.78, 5) is 10.3. The largest absolute Gasteiger partial charge is 0.496 e. The summed E-state index contributed by atoms with van der Waals surface area (Å²) in [6.45, 7) is 1.91.